The van der Waals surface area contributed by atoms with E-state index >= 15 is 0 Å². The maximum absolute atomic E-state index is 3.73. The predicted octanol–water partition coefficient (Wildman–Crippen LogP) is 4.48. The SMILES string of the molecule is C=CCCC/C(CC)=C(\C)CC. The Labute approximate surface area is 77.4 Å². The zero-order valence-corrected chi connectivity index (χ0v) is 8.82. The highest BCUT2D eigenvalue weighted by Crippen LogP contribution is 2.17. The molecule has 0 saturated heterocycles. The molecular formula is C12H22. The van der Waals surface area contributed by atoms with E-state index in [1.165, 1.54) is 25.7 Å². The second-order valence-electron chi connectivity index (χ2n) is 3.27. The molecule has 0 aromatic rings. The second-order valence-corrected chi connectivity index (χ2v) is 3.27. The van der Waals surface area contributed by atoms with Crippen LogP contribution in [0, 0.1) is 0 Å². The third-order valence-corrected chi connectivity index (χ3v) is 2.45. The lowest BCUT2D eigenvalue weighted by Gasteiger charge is -2.07. The smallest absolute Gasteiger partial charge is 0.0315 e. The van der Waals surface area contributed by atoms with Crippen molar-refractivity contribution in [2.75, 3.05) is 0 Å². The molecule has 0 aromatic carbocycles. The monoisotopic (exact) mass is 166 g/mol. The second kappa shape index (κ2) is 7.15. The fraction of sp³-hybridized carbons (Fsp3) is 0.667. The van der Waals surface area contributed by atoms with Gasteiger partial charge in [0.25, 0.3) is 0 Å². The lowest BCUT2D eigenvalue weighted by atomic mass is 9.99. The third-order valence-electron chi connectivity index (χ3n) is 2.45. The van der Waals surface area contributed by atoms with Crippen LogP contribution in [-0.2, 0) is 0 Å². The number of hydrogen-bond acceptors (Lipinski definition) is 0. The van der Waals surface area contributed by atoms with E-state index in [-0.39, 0.29) is 0 Å². The Morgan fingerprint density at radius 3 is 2.33 bits per heavy atom. The zero-order chi connectivity index (χ0) is 9.40. The fourth-order valence-electron chi connectivity index (χ4n) is 1.40. The van der Waals surface area contributed by atoms with Gasteiger partial charge in [0, 0.05) is 0 Å². The first-order valence-corrected chi connectivity index (χ1v) is 5.04. The van der Waals surface area contributed by atoms with E-state index in [0.29, 0.717) is 0 Å². The quantitative estimate of drug-likeness (QED) is 0.403. The van der Waals surface area contributed by atoms with E-state index in [2.05, 4.69) is 27.4 Å². The van der Waals surface area contributed by atoms with Gasteiger partial charge in [0.15, 0.2) is 0 Å². The molecule has 0 atom stereocenters. The van der Waals surface area contributed by atoms with Crippen molar-refractivity contribution in [1.82, 2.24) is 0 Å². The molecular weight excluding hydrogens is 144 g/mol. The van der Waals surface area contributed by atoms with Crippen LogP contribution in [0.25, 0.3) is 0 Å². The Kier molecular flexibility index (Phi) is 6.84. The molecule has 0 unspecified atom stereocenters. The van der Waals surface area contributed by atoms with E-state index in [1.54, 1.807) is 11.1 Å². The van der Waals surface area contributed by atoms with Gasteiger partial charge >= 0.3 is 0 Å². The summed E-state index contributed by atoms with van der Waals surface area (Å²) in [5, 5.41) is 0. The van der Waals surface area contributed by atoms with Gasteiger partial charge in [-0.3, -0.25) is 0 Å². The standard InChI is InChI=1S/C12H22/c1-5-8-9-10-12(7-3)11(4)6-2/h5H,1,6-10H2,2-4H3/b12-11+. The summed E-state index contributed by atoms with van der Waals surface area (Å²) in [5.41, 5.74) is 3.24. The Morgan fingerprint density at radius 2 is 1.92 bits per heavy atom. The van der Waals surface area contributed by atoms with Crippen LogP contribution in [0.15, 0.2) is 23.8 Å². The molecule has 0 aliphatic rings. The number of rotatable bonds is 6. The molecule has 0 rings (SSSR count). The Hall–Kier alpha value is -0.520. The minimum atomic E-state index is 1.15. The summed E-state index contributed by atoms with van der Waals surface area (Å²) in [7, 11) is 0. The number of unbranched alkanes of at least 4 members (excludes halogenated alkanes) is 1. The van der Waals surface area contributed by atoms with Crippen LogP contribution in [0.1, 0.15) is 52.9 Å². The zero-order valence-electron chi connectivity index (χ0n) is 8.82. The van der Waals surface area contributed by atoms with Crippen LogP contribution in [0.5, 0.6) is 0 Å². The molecule has 0 nitrogen and oxygen atoms in total. The highest BCUT2D eigenvalue weighted by atomic mass is 14.0. The first-order chi connectivity index (χ1) is 5.76. The summed E-state index contributed by atoms with van der Waals surface area (Å²) in [6.45, 7) is 10.5. The first-order valence-electron chi connectivity index (χ1n) is 5.04. The van der Waals surface area contributed by atoms with Crippen molar-refractivity contribution < 1.29 is 0 Å². The lowest BCUT2D eigenvalue weighted by molar-refractivity contribution is 0.784. The molecule has 0 radical (unpaired) electrons. The summed E-state index contributed by atoms with van der Waals surface area (Å²) in [6, 6.07) is 0. The molecule has 0 spiro atoms. The maximum atomic E-state index is 3.73. The van der Waals surface area contributed by atoms with Crippen molar-refractivity contribution in [2.24, 2.45) is 0 Å². The molecule has 0 aliphatic carbocycles. The lowest BCUT2D eigenvalue weighted by Crippen LogP contribution is -1.87. The molecule has 70 valence electrons. The van der Waals surface area contributed by atoms with E-state index in [0.717, 1.165) is 6.42 Å². The Balaban J connectivity index is 3.90. The number of allylic oxidation sites excluding steroid dienone is 3. The molecule has 0 amide bonds. The van der Waals surface area contributed by atoms with Crippen LogP contribution >= 0.6 is 0 Å². The van der Waals surface area contributed by atoms with Crippen molar-refractivity contribution >= 4 is 0 Å². The predicted molar refractivity (Wildman–Crippen MR) is 57.3 cm³/mol. The van der Waals surface area contributed by atoms with Crippen LogP contribution < -0.4 is 0 Å². The Bertz CT molecular complexity index is 151. The van der Waals surface area contributed by atoms with Gasteiger partial charge in [-0.15, -0.1) is 6.58 Å². The molecule has 0 heteroatoms. The minimum Gasteiger partial charge on any atom is -0.103 e. The molecule has 0 N–H and O–H groups in total. The highest BCUT2D eigenvalue weighted by Gasteiger charge is 1.97. The largest absolute Gasteiger partial charge is 0.103 e. The molecule has 0 aliphatic heterocycles. The molecule has 0 heterocycles. The van der Waals surface area contributed by atoms with Crippen molar-refractivity contribution in [3.8, 4) is 0 Å². The summed E-state index contributed by atoms with van der Waals surface area (Å²) in [4.78, 5) is 0. The normalized spacial score (nSPS) is 12.6. The molecule has 12 heavy (non-hydrogen) atoms. The van der Waals surface area contributed by atoms with Gasteiger partial charge in [0.2, 0.25) is 0 Å². The van der Waals surface area contributed by atoms with E-state index < -0.39 is 0 Å². The van der Waals surface area contributed by atoms with Gasteiger partial charge in [-0.1, -0.05) is 31.1 Å². The summed E-state index contributed by atoms with van der Waals surface area (Å²) in [6.07, 6.45) is 8.12. The highest BCUT2D eigenvalue weighted by molar-refractivity contribution is 5.11. The van der Waals surface area contributed by atoms with Crippen molar-refractivity contribution in [2.45, 2.75) is 52.9 Å². The van der Waals surface area contributed by atoms with E-state index in [1.807, 2.05) is 6.08 Å². The van der Waals surface area contributed by atoms with Crippen LogP contribution in [0.3, 0.4) is 0 Å². The number of hydrogen-bond donors (Lipinski definition) is 0. The van der Waals surface area contributed by atoms with Gasteiger partial charge in [0.05, 0.1) is 0 Å². The van der Waals surface area contributed by atoms with Gasteiger partial charge in [0.1, 0.15) is 0 Å². The van der Waals surface area contributed by atoms with Gasteiger partial charge in [-0.25, -0.2) is 0 Å². The Morgan fingerprint density at radius 1 is 1.25 bits per heavy atom. The molecule has 0 bridgehead atoms. The van der Waals surface area contributed by atoms with Gasteiger partial charge < -0.3 is 0 Å². The maximum Gasteiger partial charge on any atom is -0.0315 e. The summed E-state index contributed by atoms with van der Waals surface area (Å²) in [5.74, 6) is 0. The van der Waals surface area contributed by atoms with Crippen LogP contribution in [-0.4, -0.2) is 0 Å². The summed E-state index contributed by atoms with van der Waals surface area (Å²) < 4.78 is 0. The van der Waals surface area contributed by atoms with Crippen molar-refractivity contribution in [1.29, 1.82) is 0 Å². The molecule has 0 saturated carbocycles. The fourth-order valence-corrected chi connectivity index (χ4v) is 1.40. The van der Waals surface area contributed by atoms with Crippen molar-refractivity contribution in [3.05, 3.63) is 23.8 Å². The van der Waals surface area contributed by atoms with Crippen LogP contribution in [0.2, 0.25) is 0 Å². The molecule has 0 fully saturated rings. The average Bonchev–Trinajstić information content (AvgIpc) is 2.11. The van der Waals surface area contributed by atoms with Crippen LogP contribution in [0.4, 0.5) is 0 Å². The minimum absolute atomic E-state index is 1.15. The third kappa shape index (κ3) is 4.38. The van der Waals surface area contributed by atoms with Gasteiger partial charge in [-0.2, -0.15) is 0 Å². The topological polar surface area (TPSA) is 0 Å². The first kappa shape index (κ1) is 11.5. The summed E-state index contributed by atoms with van der Waals surface area (Å²) >= 11 is 0. The average molecular weight is 166 g/mol. The van der Waals surface area contributed by atoms with E-state index in [9.17, 15) is 0 Å². The molecule has 0 aromatic heterocycles. The van der Waals surface area contributed by atoms with E-state index in [4.69, 9.17) is 0 Å². The van der Waals surface area contributed by atoms with Crippen molar-refractivity contribution in [3.63, 3.8) is 0 Å². The van der Waals surface area contributed by atoms with Gasteiger partial charge in [-0.05, 0) is 39.0 Å².